The third-order valence-electron chi connectivity index (χ3n) is 3.56. The van der Waals surface area contributed by atoms with Crippen LogP contribution < -0.4 is 10.6 Å². The molecule has 0 aromatic carbocycles. The van der Waals surface area contributed by atoms with Crippen molar-refractivity contribution in [1.29, 1.82) is 0 Å². The molecule has 0 radical (unpaired) electrons. The molecule has 2 heterocycles. The van der Waals surface area contributed by atoms with Gasteiger partial charge in [0.25, 0.3) is 0 Å². The molecule has 0 amide bonds. The highest BCUT2D eigenvalue weighted by molar-refractivity contribution is 7.09. The van der Waals surface area contributed by atoms with E-state index in [0.29, 0.717) is 42.9 Å². The van der Waals surface area contributed by atoms with Crippen LogP contribution in [0, 0.1) is 5.92 Å². The van der Waals surface area contributed by atoms with Crippen LogP contribution in [-0.2, 0) is 25.7 Å². The monoisotopic (exact) mass is 402 g/mol. The summed E-state index contributed by atoms with van der Waals surface area (Å²) < 4.78 is 39.8. The van der Waals surface area contributed by atoms with Crippen LogP contribution in [0.15, 0.2) is 22.8 Å². The highest BCUT2D eigenvalue weighted by Crippen LogP contribution is 2.29. The molecule has 0 fully saturated rings. The van der Waals surface area contributed by atoms with E-state index < -0.39 is 11.9 Å². The lowest BCUT2D eigenvalue weighted by Gasteiger charge is -2.12. The number of nitrogens with one attached hydrogen (secondary N) is 2. The zero-order chi connectivity index (χ0) is 19.9. The normalized spacial score (nSPS) is 12.6. The number of rotatable bonds is 8. The van der Waals surface area contributed by atoms with Crippen LogP contribution in [0.3, 0.4) is 0 Å². The topological polar surface area (TPSA) is 67.1 Å². The molecule has 6 nitrogen and oxygen atoms in total. The Labute approximate surface area is 160 Å². The van der Waals surface area contributed by atoms with Gasteiger partial charge < -0.3 is 15.2 Å². The molecule has 0 aliphatic heterocycles. The molecule has 0 aliphatic rings. The van der Waals surface area contributed by atoms with Crippen LogP contribution in [0.2, 0.25) is 0 Å². The van der Waals surface area contributed by atoms with Gasteiger partial charge in [-0.2, -0.15) is 13.2 Å². The quantitative estimate of drug-likeness (QED) is 0.525. The minimum Gasteiger partial charge on any atom is -0.357 e. The van der Waals surface area contributed by atoms with E-state index in [9.17, 15) is 13.2 Å². The molecule has 2 aromatic rings. The van der Waals surface area contributed by atoms with Crippen molar-refractivity contribution >= 4 is 17.3 Å². The van der Waals surface area contributed by atoms with Crippen LogP contribution in [0.25, 0.3) is 0 Å². The van der Waals surface area contributed by atoms with Crippen LogP contribution in [0.1, 0.15) is 37.3 Å². The molecule has 0 atom stereocenters. The first-order valence-electron chi connectivity index (χ1n) is 8.83. The Kier molecular flexibility index (Phi) is 7.64. The molecule has 0 unspecified atom stereocenters. The van der Waals surface area contributed by atoms with Crippen molar-refractivity contribution in [3.05, 3.63) is 34.3 Å². The van der Waals surface area contributed by atoms with Crippen LogP contribution >= 0.6 is 11.3 Å². The van der Waals surface area contributed by atoms with Crippen LogP contribution in [0.5, 0.6) is 0 Å². The fraction of sp³-hybridized carbons (Fsp3) is 0.588. The summed E-state index contributed by atoms with van der Waals surface area (Å²) in [7, 11) is 0. The van der Waals surface area contributed by atoms with Gasteiger partial charge in [-0.1, -0.05) is 13.8 Å². The number of aliphatic imine (C=N–C) groups is 1. The summed E-state index contributed by atoms with van der Waals surface area (Å²) in [6.45, 7) is 8.65. The maximum Gasteiger partial charge on any atom is 0.434 e. The van der Waals surface area contributed by atoms with Gasteiger partial charge in [-0.05, 0) is 12.8 Å². The summed E-state index contributed by atoms with van der Waals surface area (Å²) >= 11 is 1.02. The summed E-state index contributed by atoms with van der Waals surface area (Å²) in [5, 5.41) is 7.74. The maximum atomic E-state index is 12.6. The number of guanidine groups is 1. The second-order valence-electron chi connectivity index (χ2n) is 6.39. The van der Waals surface area contributed by atoms with Crippen molar-refractivity contribution in [2.45, 2.75) is 46.5 Å². The molecule has 0 saturated carbocycles. The van der Waals surface area contributed by atoms with Crippen molar-refractivity contribution in [3.63, 3.8) is 0 Å². The molecule has 27 heavy (non-hydrogen) atoms. The van der Waals surface area contributed by atoms with Crippen molar-refractivity contribution in [2.24, 2.45) is 10.9 Å². The standard InChI is InChI=1S/C17H25F3N6S/c1-4-21-16(24-9-14-22-7-8-26(14)10-12(2)3)23-6-5-15-25-13(11-27-15)17(18,19)20/h7-8,11-12H,4-6,9-10H2,1-3H3,(H2,21,23,24). The summed E-state index contributed by atoms with van der Waals surface area (Å²) in [6, 6.07) is 0. The number of nitrogens with zero attached hydrogens (tertiary/aromatic N) is 4. The summed E-state index contributed by atoms with van der Waals surface area (Å²) in [4.78, 5) is 12.5. The summed E-state index contributed by atoms with van der Waals surface area (Å²) in [5.41, 5.74) is -0.833. The maximum absolute atomic E-state index is 12.6. The highest BCUT2D eigenvalue weighted by atomic mass is 32.1. The fourth-order valence-corrected chi connectivity index (χ4v) is 3.19. The van der Waals surface area contributed by atoms with E-state index in [2.05, 4.69) is 44.0 Å². The smallest absolute Gasteiger partial charge is 0.357 e. The van der Waals surface area contributed by atoms with Crippen LogP contribution in [0.4, 0.5) is 13.2 Å². The first-order chi connectivity index (χ1) is 12.8. The van der Waals surface area contributed by atoms with E-state index in [1.54, 1.807) is 6.20 Å². The van der Waals surface area contributed by atoms with Gasteiger partial charge in [0.1, 0.15) is 12.4 Å². The molecular weight excluding hydrogens is 377 g/mol. The molecule has 0 bridgehead atoms. The largest absolute Gasteiger partial charge is 0.434 e. The number of halogens is 3. The zero-order valence-electron chi connectivity index (χ0n) is 15.7. The van der Waals surface area contributed by atoms with Crippen LogP contribution in [-0.4, -0.2) is 33.6 Å². The lowest BCUT2D eigenvalue weighted by atomic mass is 10.2. The minimum atomic E-state index is -4.39. The molecule has 2 aromatic heterocycles. The van der Waals surface area contributed by atoms with Crippen molar-refractivity contribution in [3.8, 4) is 0 Å². The van der Waals surface area contributed by atoms with E-state index >= 15 is 0 Å². The van der Waals surface area contributed by atoms with Gasteiger partial charge in [-0.3, -0.25) is 0 Å². The predicted molar refractivity (Wildman–Crippen MR) is 101 cm³/mol. The Morgan fingerprint density at radius 1 is 1.33 bits per heavy atom. The van der Waals surface area contributed by atoms with Gasteiger partial charge in [-0.25, -0.2) is 15.0 Å². The minimum absolute atomic E-state index is 0.396. The van der Waals surface area contributed by atoms with Gasteiger partial charge in [0, 0.05) is 43.8 Å². The average Bonchev–Trinajstić information content (AvgIpc) is 3.21. The molecule has 2 rings (SSSR count). The average molecular weight is 402 g/mol. The van der Waals surface area contributed by atoms with Crippen molar-refractivity contribution < 1.29 is 13.2 Å². The number of imidazole rings is 1. The van der Waals surface area contributed by atoms with E-state index in [4.69, 9.17) is 0 Å². The van der Waals surface area contributed by atoms with E-state index in [0.717, 1.165) is 29.1 Å². The Morgan fingerprint density at radius 2 is 2.11 bits per heavy atom. The second kappa shape index (κ2) is 9.72. The van der Waals surface area contributed by atoms with Gasteiger partial charge in [0.05, 0.1) is 5.01 Å². The van der Waals surface area contributed by atoms with Crippen molar-refractivity contribution in [2.75, 3.05) is 13.1 Å². The number of hydrogen-bond donors (Lipinski definition) is 2. The third-order valence-corrected chi connectivity index (χ3v) is 4.47. The number of alkyl halides is 3. The highest BCUT2D eigenvalue weighted by Gasteiger charge is 2.33. The molecule has 0 saturated heterocycles. The second-order valence-corrected chi connectivity index (χ2v) is 7.33. The van der Waals surface area contributed by atoms with Gasteiger partial charge in [-0.15, -0.1) is 11.3 Å². The number of aromatic nitrogens is 3. The third kappa shape index (κ3) is 6.85. The molecule has 10 heteroatoms. The summed E-state index contributed by atoms with van der Waals surface area (Å²) in [5.74, 6) is 1.98. The Bertz CT molecular complexity index is 735. The molecular formula is C17H25F3N6S. The molecule has 0 spiro atoms. The Morgan fingerprint density at radius 3 is 2.74 bits per heavy atom. The van der Waals surface area contributed by atoms with E-state index in [1.807, 2.05) is 13.1 Å². The Hall–Kier alpha value is -2.10. The Balaban J connectivity index is 1.90. The SMILES string of the molecule is CCNC(=NCc1nccn1CC(C)C)NCCc1nc(C(F)(F)F)cs1. The lowest BCUT2D eigenvalue weighted by molar-refractivity contribution is -0.140. The fourth-order valence-electron chi connectivity index (χ4n) is 2.39. The number of hydrogen-bond acceptors (Lipinski definition) is 4. The zero-order valence-corrected chi connectivity index (χ0v) is 16.5. The first-order valence-corrected chi connectivity index (χ1v) is 9.71. The van der Waals surface area contributed by atoms with Crippen molar-refractivity contribution in [1.82, 2.24) is 25.2 Å². The molecule has 0 aliphatic carbocycles. The van der Waals surface area contributed by atoms with E-state index in [1.165, 1.54) is 0 Å². The van der Waals surface area contributed by atoms with E-state index in [-0.39, 0.29) is 0 Å². The molecule has 150 valence electrons. The summed E-state index contributed by atoms with van der Waals surface area (Å²) in [6.07, 6.45) is -0.302. The first kappa shape index (κ1) is 21.2. The predicted octanol–water partition coefficient (Wildman–Crippen LogP) is 3.31. The number of thiazole rings is 1. The molecule has 2 N–H and O–H groups in total. The van der Waals surface area contributed by atoms with Gasteiger partial charge in [0.2, 0.25) is 0 Å². The lowest BCUT2D eigenvalue weighted by Crippen LogP contribution is -2.38. The van der Waals surface area contributed by atoms with Gasteiger partial charge >= 0.3 is 6.18 Å². The van der Waals surface area contributed by atoms with Gasteiger partial charge in [0.15, 0.2) is 11.7 Å².